The van der Waals surface area contributed by atoms with E-state index in [1.54, 1.807) is 39.0 Å². The van der Waals surface area contributed by atoms with Crippen LogP contribution in [0.5, 0.6) is 0 Å². The summed E-state index contributed by atoms with van der Waals surface area (Å²) in [5.74, 6) is -0.109. The van der Waals surface area contributed by atoms with Crippen LogP contribution in [-0.2, 0) is 16.1 Å². The van der Waals surface area contributed by atoms with Crippen molar-refractivity contribution in [3.8, 4) is 0 Å². The lowest BCUT2D eigenvalue weighted by Gasteiger charge is -2.19. The van der Waals surface area contributed by atoms with E-state index in [4.69, 9.17) is 27.9 Å². The number of benzene rings is 1. The first-order valence-corrected chi connectivity index (χ1v) is 8.10. The second kappa shape index (κ2) is 8.99. The third kappa shape index (κ3) is 8.67. The van der Waals surface area contributed by atoms with Crippen LogP contribution >= 0.6 is 23.2 Å². The van der Waals surface area contributed by atoms with Crippen LogP contribution < -0.4 is 10.6 Å². The number of hydrogen-bond acceptors (Lipinski definition) is 3. The summed E-state index contributed by atoms with van der Waals surface area (Å²) in [4.78, 5) is 23.2. The van der Waals surface area contributed by atoms with Crippen molar-refractivity contribution in [3.63, 3.8) is 0 Å². The van der Waals surface area contributed by atoms with Crippen LogP contribution in [0.15, 0.2) is 18.2 Å². The summed E-state index contributed by atoms with van der Waals surface area (Å²) in [7, 11) is 0. The number of alkyl carbamates (subject to hydrolysis) is 1. The van der Waals surface area contributed by atoms with Crippen molar-refractivity contribution in [3.05, 3.63) is 33.8 Å². The number of nitrogens with one attached hydrogen (secondary N) is 2. The molecule has 128 valence electrons. The van der Waals surface area contributed by atoms with E-state index in [9.17, 15) is 9.59 Å². The standard InChI is InChI=1S/C16H22Cl2N2O3/c1-16(2,3)23-15(22)19-8-4-5-14(21)20-10-11-6-7-12(17)9-13(11)18/h6-7,9H,4-5,8,10H2,1-3H3,(H,19,22)(H,20,21). The van der Waals surface area contributed by atoms with E-state index in [1.807, 2.05) is 0 Å². The molecular formula is C16H22Cl2N2O3. The minimum absolute atomic E-state index is 0.109. The molecule has 1 rings (SSSR count). The van der Waals surface area contributed by atoms with Gasteiger partial charge in [-0.3, -0.25) is 4.79 Å². The van der Waals surface area contributed by atoms with Crippen molar-refractivity contribution in [1.29, 1.82) is 0 Å². The molecule has 0 radical (unpaired) electrons. The number of rotatable bonds is 6. The molecule has 0 aromatic heterocycles. The van der Waals surface area contributed by atoms with Crippen molar-refractivity contribution in [2.24, 2.45) is 0 Å². The normalized spacial score (nSPS) is 11.0. The maximum atomic E-state index is 11.7. The van der Waals surface area contributed by atoms with Gasteiger partial charge in [0.1, 0.15) is 5.60 Å². The Hall–Kier alpha value is -1.46. The number of halogens is 2. The Labute approximate surface area is 146 Å². The Morgan fingerprint density at radius 3 is 2.48 bits per heavy atom. The lowest BCUT2D eigenvalue weighted by molar-refractivity contribution is -0.121. The number of ether oxygens (including phenoxy) is 1. The zero-order valence-electron chi connectivity index (χ0n) is 13.5. The van der Waals surface area contributed by atoms with Crippen LogP contribution in [0, 0.1) is 0 Å². The summed E-state index contributed by atoms with van der Waals surface area (Å²) < 4.78 is 5.10. The highest BCUT2D eigenvalue weighted by Crippen LogP contribution is 2.20. The summed E-state index contributed by atoms with van der Waals surface area (Å²) in [6.07, 6.45) is 0.353. The molecule has 0 heterocycles. The zero-order valence-corrected chi connectivity index (χ0v) is 15.1. The molecule has 5 nitrogen and oxygen atoms in total. The van der Waals surface area contributed by atoms with Gasteiger partial charge in [-0.15, -0.1) is 0 Å². The van der Waals surface area contributed by atoms with Crippen LogP contribution in [-0.4, -0.2) is 24.1 Å². The Balaban J connectivity index is 2.21. The van der Waals surface area contributed by atoms with Gasteiger partial charge in [-0.2, -0.15) is 0 Å². The van der Waals surface area contributed by atoms with Crippen LogP contribution in [0.4, 0.5) is 4.79 Å². The van der Waals surface area contributed by atoms with Crippen LogP contribution in [0.3, 0.4) is 0 Å². The molecule has 0 aliphatic carbocycles. The third-order valence-electron chi connectivity index (χ3n) is 2.74. The van der Waals surface area contributed by atoms with Crippen molar-refractivity contribution in [1.82, 2.24) is 10.6 Å². The fourth-order valence-electron chi connectivity index (χ4n) is 1.70. The van der Waals surface area contributed by atoms with Crippen molar-refractivity contribution >= 4 is 35.2 Å². The van der Waals surface area contributed by atoms with E-state index in [2.05, 4.69) is 10.6 Å². The SMILES string of the molecule is CC(C)(C)OC(=O)NCCCC(=O)NCc1ccc(Cl)cc1Cl. The number of hydrogen-bond donors (Lipinski definition) is 2. The predicted octanol–water partition coefficient (Wildman–Crippen LogP) is 3.91. The molecule has 1 aromatic rings. The molecule has 0 atom stereocenters. The van der Waals surface area contributed by atoms with Gasteiger partial charge in [-0.1, -0.05) is 29.3 Å². The van der Waals surface area contributed by atoms with Gasteiger partial charge in [0, 0.05) is 29.6 Å². The fraction of sp³-hybridized carbons (Fsp3) is 0.500. The zero-order chi connectivity index (χ0) is 17.5. The van der Waals surface area contributed by atoms with Gasteiger partial charge in [-0.05, 0) is 44.9 Å². The van der Waals surface area contributed by atoms with E-state index >= 15 is 0 Å². The average molecular weight is 361 g/mol. The summed E-state index contributed by atoms with van der Waals surface area (Å²) in [5, 5.41) is 6.45. The summed E-state index contributed by atoms with van der Waals surface area (Å²) >= 11 is 11.8. The third-order valence-corrected chi connectivity index (χ3v) is 3.33. The molecule has 0 bridgehead atoms. The van der Waals surface area contributed by atoms with Crippen molar-refractivity contribution < 1.29 is 14.3 Å². The summed E-state index contributed by atoms with van der Waals surface area (Å²) in [6.45, 7) is 6.10. The highest BCUT2D eigenvalue weighted by atomic mass is 35.5. The lowest BCUT2D eigenvalue weighted by Crippen LogP contribution is -2.33. The maximum Gasteiger partial charge on any atom is 0.407 e. The molecular weight excluding hydrogens is 339 g/mol. The Morgan fingerprint density at radius 1 is 1.17 bits per heavy atom. The monoisotopic (exact) mass is 360 g/mol. The van der Waals surface area contributed by atoms with Gasteiger partial charge in [0.05, 0.1) is 0 Å². The molecule has 0 unspecified atom stereocenters. The van der Waals surface area contributed by atoms with Crippen molar-refractivity contribution in [2.75, 3.05) is 6.54 Å². The van der Waals surface area contributed by atoms with Gasteiger partial charge in [-0.25, -0.2) is 4.79 Å². The highest BCUT2D eigenvalue weighted by molar-refractivity contribution is 6.35. The second-order valence-corrected chi connectivity index (χ2v) is 6.89. The Morgan fingerprint density at radius 2 is 1.87 bits per heavy atom. The number of carbonyl (C=O) groups excluding carboxylic acids is 2. The largest absolute Gasteiger partial charge is 0.444 e. The Kier molecular flexibility index (Phi) is 7.65. The fourth-order valence-corrected chi connectivity index (χ4v) is 2.18. The molecule has 2 N–H and O–H groups in total. The minimum Gasteiger partial charge on any atom is -0.444 e. The van der Waals surface area contributed by atoms with E-state index in [1.165, 1.54) is 0 Å². The van der Waals surface area contributed by atoms with Crippen molar-refractivity contribution in [2.45, 2.75) is 45.8 Å². The molecule has 1 aromatic carbocycles. The molecule has 0 fully saturated rings. The van der Waals surface area contributed by atoms with Gasteiger partial charge in [0.2, 0.25) is 5.91 Å². The van der Waals surface area contributed by atoms with Crippen LogP contribution in [0.2, 0.25) is 10.0 Å². The highest BCUT2D eigenvalue weighted by Gasteiger charge is 2.15. The van der Waals surface area contributed by atoms with Gasteiger partial charge in [0.25, 0.3) is 0 Å². The molecule has 2 amide bonds. The Bertz CT molecular complexity index is 557. The van der Waals surface area contributed by atoms with E-state index < -0.39 is 11.7 Å². The predicted molar refractivity (Wildman–Crippen MR) is 91.8 cm³/mol. The molecule has 7 heteroatoms. The molecule has 0 aliphatic rings. The molecule has 0 saturated carbocycles. The lowest BCUT2D eigenvalue weighted by atomic mass is 10.2. The number of amides is 2. The maximum absolute atomic E-state index is 11.7. The van der Waals surface area contributed by atoms with Gasteiger partial charge >= 0.3 is 6.09 Å². The molecule has 0 spiro atoms. The summed E-state index contributed by atoms with van der Waals surface area (Å²) in [5.41, 5.74) is 0.274. The molecule has 0 aliphatic heterocycles. The first-order valence-electron chi connectivity index (χ1n) is 7.35. The number of carbonyl (C=O) groups is 2. The molecule has 23 heavy (non-hydrogen) atoms. The van der Waals surface area contributed by atoms with Crippen LogP contribution in [0.25, 0.3) is 0 Å². The van der Waals surface area contributed by atoms with E-state index in [0.717, 1.165) is 5.56 Å². The minimum atomic E-state index is -0.528. The van der Waals surface area contributed by atoms with Crippen LogP contribution in [0.1, 0.15) is 39.2 Å². The smallest absolute Gasteiger partial charge is 0.407 e. The van der Waals surface area contributed by atoms with E-state index in [0.29, 0.717) is 36.0 Å². The summed E-state index contributed by atoms with van der Waals surface area (Å²) in [6, 6.07) is 5.13. The van der Waals surface area contributed by atoms with Gasteiger partial charge < -0.3 is 15.4 Å². The average Bonchev–Trinajstić information content (AvgIpc) is 2.40. The van der Waals surface area contributed by atoms with Gasteiger partial charge in [0.15, 0.2) is 0 Å². The molecule has 0 saturated heterocycles. The first kappa shape index (κ1) is 19.6. The second-order valence-electron chi connectivity index (χ2n) is 6.04. The quantitative estimate of drug-likeness (QED) is 0.755. The van der Waals surface area contributed by atoms with E-state index in [-0.39, 0.29) is 5.91 Å². The first-order chi connectivity index (χ1) is 10.7. The topological polar surface area (TPSA) is 67.4 Å².